The summed E-state index contributed by atoms with van der Waals surface area (Å²) in [5.74, 6) is 0.747. The third-order valence-electron chi connectivity index (χ3n) is 2.80. The Labute approximate surface area is 119 Å². The van der Waals surface area contributed by atoms with Gasteiger partial charge in [-0.2, -0.15) is 0 Å². The first-order valence-electron chi connectivity index (χ1n) is 6.27. The zero-order chi connectivity index (χ0) is 13.7. The number of anilines is 2. The number of aryl methyl sites for hydroxylation is 2. The molecule has 0 aliphatic heterocycles. The van der Waals surface area contributed by atoms with Crippen LogP contribution in [-0.4, -0.2) is 10.1 Å². The molecule has 1 aromatic carbocycles. The maximum Gasteiger partial charge on any atom is 0.176 e. The molecule has 0 radical (unpaired) electrons. The fourth-order valence-corrected chi connectivity index (χ4v) is 1.98. The van der Waals surface area contributed by atoms with Crippen molar-refractivity contribution in [3.63, 3.8) is 0 Å². The van der Waals surface area contributed by atoms with E-state index in [0.717, 1.165) is 23.5 Å². The zero-order valence-electron chi connectivity index (χ0n) is 11.1. The van der Waals surface area contributed by atoms with Crippen LogP contribution in [0.25, 0.3) is 0 Å². The van der Waals surface area contributed by atoms with Crippen molar-refractivity contribution in [2.45, 2.75) is 20.3 Å². The van der Waals surface area contributed by atoms with Crippen molar-refractivity contribution in [3.8, 4) is 0 Å². The van der Waals surface area contributed by atoms with Crippen molar-refractivity contribution in [1.29, 1.82) is 0 Å². The molecular formula is C15H17N3S. The number of hydrogen-bond acceptors (Lipinski definition) is 2. The first-order chi connectivity index (χ1) is 9.19. The molecule has 0 aliphatic rings. The van der Waals surface area contributed by atoms with Gasteiger partial charge < -0.3 is 10.6 Å². The minimum Gasteiger partial charge on any atom is -0.332 e. The summed E-state index contributed by atoms with van der Waals surface area (Å²) < 4.78 is 0. The Balaban J connectivity index is 2.03. The Bertz CT molecular complexity index is 564. The maximum atomic E-state index is 5.30. The average molecular weight is 271 g/mol. The summed E-state index contributed by atoms with van der Waals surface area (Å²) in [6.07, 6.45) is 2.78. The normalized spacial score (nSPS) is 10.0. The predicted molar refractivity (Wildman–Crippen MR) is 84.6 cm³/mol. The number of nitrogens with one attached hydrogen (secondary N) is 2. The van der Waals surface area contributed by atoms with E-state index in [2.05, 4.69) is 28.6 Å². The lowest BCUT2D eigenvalue weighted by atomic mass is 10.1. The highest BCUT2D eigenvalue weighted by atomic mass is 32.1. The molecule has 2 aromatic rings. The minimum absolute atomic E-state index is 0.553. The molecule has 0 bridgehead atoms. The highest BCUT2D eigenvalue weighted by molar-refractivity contribution is 7.80. The molecule has 0 atom stereocenters. The molecule has 98 valence electrons. The lowest BCUT2D eigenvalue weighted by molar-refractivity contribution is 1.14. The Kier molecular flexibility index (Phi) is 4.47. The summed E-state index contributed by atoms with van der Waals surface area (Å²) in [7, 11) is 0. The topological polar surface area (TPSA) is 37.0 Å². The van der Waals surface area contributed by atoms with E-state index in [1.165, 1.54) is 5.56 Å². The van der Waals surface area contributed by atoms with E-state index < -0.39 is 0 Å². The van der Waals surface area contributed by atoms with Gasteiger partial charge in [-0.3, -0.25) is 0 Å². The van der Waals surface area contributed by atoms with Crippen LogP contribution in [0.15, 0.2) is 42.6 Å². The van der Waals surface area contributed by atoms with Crippen molar-refractivity contribution in [1.82, 2.24) is 4.98 Å². The Morgan fingerprint density at radius 2 is 1.95 bits per heavy atom. The van der Waals surface area contributed by atoms with Gasteiger partial charge in [0.15, 0.2) is 5.11 Å². The van der Waals surface area contributed by atoms with E-state index in [-0.39, 0.29) is 0 Å². The summed E-state index contributed by atoms with van der Waals surface area (Å²) >= 11 is 5.30. The maximum absolute atomic E-state index is 5.30. The average Bonchev–Trinajstić information content (AvgIpc) is 2.42. The fraction of sp³-hybridized carbons (Fsp3) is 0.200. The molecular weight excluding hydrogens is 254 g/mol. The van der Waals surface area contributed by atoms with Gasteiger partial charge in [-0.15, -0.1) is 0 Å². The molecule has 0 saturated heterocycles. The molecule has 1 aromatic heterocycles. The van der Waals surface area contributed by atoms with Crippen LogP contribution in [0.4, 0.5) is 11.5 Å². The number of benzene rings is 1. The van der Waals surface area contributed by atoms with Crippen LogP contribution < -0.4 is 10.6 Å². The number of aromatic nitrogens is 1. The number of hydrogen-bond donors (Lipinski definition) is 2. The number of rotatable bonds is 3. The van der Waals surface area contributed by atoms with Gasteiger partial charge in [-0.25, -0.2) is 4.98 Å². The highest BCUT2D eigenvalue weighted by Gasteiger charge is 2.03. The molecule has 0 saturated carbocycles. The molecule has 2 rings (SSSR count). The molecule has 0 aliphatic carbocycles. The van der Waals surface area contributed by atoms with Crippen LogP contribution in [0.5, 0.6) is 0 Å². The number of nitrogens with zero attached hydrogens (tertiary/aromatic N) is 1. The van der Waals surface area contributed by atoms with Gasteiger partial charge in [0.1, 0.15) is 5.82 Å². The van der Waals surface area contributed by atoms with Gasteiger partial charge in [0.25, 0.3) is 0 Å². The first kappa shape index (κ1) is 13.5. The lowest BCUT2D eigenvalue weighted by Crippen LogP contribution is -2.20. The quantitative estimate of drug-likeness (QED) is 0.833. The molecule has 1 heterocycles. The summed E-state index contributed by atoms with van der Waals surface area (Å²) in [5, 5.41) is 6.84. The van der Waals surface area contributed by atoms with Crippen molar-refractivity contribution < 1.29 is 0 Å². The summed E-state index contributed by atoms with van der Waals surface area (Å²) in [6, 6.07) is 12.0. The van der Waals surface area contributed by atoms with Gasteiger partial charge in [-0.05, 0) is 48.8 Å². The zero-order valence-corrected chi connectivity index (χ0v) is 11.9. The fourth-order valence-electron chi connectivity index (χ4n) is 1.76. The smallest absolute Gasteiger partial charge is 0.176 e. The van der Waals surface area contributed by atoms with E-state index in [1.54, 1.807) is 0 Å². The van der Waals surface area contributed by atoms with Gasteiger partial charge in [0.2, 0.25) is 0 Å². The second-order valence-electron chi connectivity index (χ2n) is 4.31. The van der Waals surface area contributed by atoms with Gasteiger partial charge in [0, 0.05) is 11.9 Å². The van der Waals surface area contributed by atoms with Gasteiger partial charge in [-0.1, -0.05) is 31.2 Å². The molecule has 0 fully saturated rings. The molecule has 2 N–H and O–H groups in total. The van der Waals surface area contributed by atoms with Crippen molar-refractivity contribution in [2.75, 3.05) is 10.6 Å². The molecule has 0 amide bonds. The summed E-state index contributed by atoms with van der Waals surface area (Å²) in [4.78, 5) is 4.26. The van der Waals surface area contributed by atoms with E-state index in [1.807, 2.05) is 43.5 Å². The monoisotopic (exact) mass is 271 g/mol. The summed E-state index contributed by atoms with van der Waals surface area (Å²) in [5.41, 5.74) is 3.40. The third kappa shape index (κ3) is 3.76. The Morgan fingerprint density at radius 3 is 2.63 bits per heavy atom. The van der Waals surface area contributed by atoms with Crippen LogP contribution in [0.2, 0.25) is 0 Å². The Morgan fingerprint density at radius 1 is 1.16 bits per heavy atom. The lowest BCUT2D eigenvalue weighted by Gasteiger charge is -2.12. The second kappa shape index (κ2) is 6.29. The molecule has 4 heteroatoms. The van der Waals surface area contributed by atoms with Crippen molar-refractivity contribution >= 4 is 28.8 Å². The van der Waals surface area contributed by atoms with Crippen LogP contribution in [-0.2, 0) is 6.42 Å². The van der Waals surface area contributed by atoms with Gasteiger partial charge >= 0.3 is 0 Å². The van der Waals surface area contributed by atoms with Crippen LogP contribution in [0.3, 0.4) is 0 Å². The number of thiocarbonyl (C=S) groups is 1. The van der Waals surface area contributed by atoms with Crippen LogP contribution >= 0.6 is 12.2 Å². The third-order valence-corrected chi connectivity index (χ3v) is 3.00. The van der Waals surface area contributed by atoms with Crippen molar-refractivity contribution in [3.05, 3.63) is 53.7 Å². The largest absolute Gasteiger partial charge is 0.332 e. The second-order valence-corrected chi connectivity index (χ2v) is 4.72. The Hall–Kier alpha value is -1.94. The molecule has 0 spiro atoms. The van der Waals surface area contributed by atoms with E-state index in [0.29, 0.717) is 5.11 Å². The minimum atomic E-state index is 0.553. The predicted octanol–water partition coefficient (Wildman–Crippen LogP) is 3.76. The van der Waals surface area contributed by atoms with E-state index >= 15 is 0 Å². The van der Waals surface area contributed by atoms with E-state index in [9.17, 15) is 0 Å². The molecule has 3 nitrogen and oxygen atoms in total. The standard InChI is InChI=1S/C15H17N3S/c1-3-12-6-4-5-7-13(12)17-15(19)18-14-9-8-11(2)10-16-14/h4-10H,3H2,1-2H3,(H2,16,17,18,19). The first-order valence-corrected chi connectivity index (χ1v) is 6.68. The SMILES string of the molecule is CCc1ccccc1NC(=S)Nc1ccc(C)cn1. The summed E-state index contributed by atoms with van der Waals surface area (Å²) in [6.45, 7) is 4.13. The molecule has 19 heavy (non-hydrogen) atoms. The van der Waals surface area contributed by atoms with Crippen LogP contribution in [0.1, 0.15) is 18.1 Å². The van der Waals surface area contributed by atoms with E-state index in [4.69, 9.17) is 12.2 Å². The number of para-hydroxylation sites is 1. The molecule has 0 unspecified atom stereocenters. The number of pyridine rings is 1. The van der Waals surface area contributed by atoms with Crippen molar-refractivity contribution in [2.24, 2.45) is 0 Å². The highest BCUT2D eigenvalue weighted by Crippen LogP contribution is 2.15. The van der Waals surface area contributed by atoms with Crippen LogP contribution in [0, 0.1) is 6.92 Å². The van der Waals surface area contributed by atoms with Gasteiger partial charge in [0.05, 0.1) is 0 Å².